The van der Waals surface area contributed by atoms with E-state index in [0.717, 1.165) is 12.1 Å². The van der Waals surface area contributed by atoms with E-state index < -0.39 is 45.1 Å². The number of alkyl halides is 3. The summed E-state index contributed by atoms with van der Waals surface area (Å²) in [6, 6.07) is 1.89. The average molecular weight is 329 g/mol. The van der Waals surface area contributed by atoms with Gasteiger partial charge in [0.25, 0.3) is 0 Å². The number of hydrogen-bond donors (Lipinski definition) is 0. The number of aromatic nitrogens is 2. The lowest BCUT2D eigenvalue weighted by atomic mass is 10.1. The SMILES string of the molecule is Fc1ccc(-c2nc(Cl)c(F)c(Cl)n2)c(C(F)(F)F)c1. The third kappa shape index (κ3) is 2.83. The molecule has 0 bridgehead atoms. The molecule has 1 aromatic carbocycles. The molecule has 0 radical (unpaired) electrons. The van der Waals surface area contributed by atoms with Crippen LogP contribution in [0.5, 0.6) is 0 Å². The van der Waals surface area contributed by atoms with Gasteiger partial charge in [-0.3, -0.25) is 0 Å². The lowest BCUT2D eigenvalue weighted by Crippen LogP contribution is -2.09. The van der Waals surface area contributed by atoms with Crippen molar-refractivity contribution in [3.8, 4) is 11.4 Å². The molecular formula is C11H3Cl2F5N2. The first kappa shape index (κ1) is 14.9. The summed E-state index contributed by atoms with van der Waals surface area (Å²) in [4.78, 5) is 6.76. The van der Waals surface area contributed by atoms with Crippen molar-refractivity contribution in [2.24, 2.45) is 0 Å². The molecule has 0 aliphatic carbocycles. The van der Waals surface area contributed by atoms with Gasteiger partial charge in [-0.05, 0) is 18.2 Å². The van der Waals surface area contributed by atoms with E-state index in [9.17, 15) is 22.0 Å². The maximum atomic E-state index is 13.2. The highest BCUT2D eigenvalue weighted by Gasteiger charge is 2.35. The fourth-order valence-electron chi connectivity index (χ4n) is 1.46. The lowest BCUT2D eigenvalue weighted by molar-refractivity contribution is -0.137. The van der Waals surface area contributed by atoms with Gasteiger partial charge in [-0.15, -0.1) is 0 Å². The third-order valence-corrected chi connectivity index (χ3v) is 2.80. The summed E-state index contributed by atoms with van der Waals surface area (Å²) in [5.41, 5.74) is -1.86. The quantitative estimate of drug-likeness (QED) is 0.557. The van der Waals surface area contributed by atoms with Crippen molar-refractivity contribution in [3.63, 3.8) is 0 Å². The van der Waals surface area contributed by atoms with E-state index in [1.165, 1.54) is 0 Å². The Labute approximate surface area is 119 Å². The van der Waals surface area contributed by atoms with Crippen molar-refractivity contribution in [2.75, 3.05) is 0 Å². The second kappa shape index (κ2) is 5.14. The Morgan fingerprint density at radius 3 is 2.00 bits per heavy atom. The van der Waals surface area contributed by atoms with Gasteiger partial charge in [0.1, 0.15) is 5.82 Å². The normalized spacial score (nSPS) is 11.8. The maximum Gasteiger partial charge on any atom is 0.417 e. The van der Waals surface area contributed by atoms with Crippen LogP contribution in [-0.2, 0) is 6.18 Å². The molecule has 0 spiro atoms. The van der Waals surface area contributed by atoms with Crippen LogP contribution in [0.2, 0.25) is 10.3 Å². The Hall–Kier alpha value is -1.47. The topological polar surface area (TPSA) is 25.8 Å². The molecule has 106 valence electrons. The Morgan fingerprint density at radius 2 is 1.50 bits per heavy atom. The summed E-state index contributed by atoms with van der Waals surface area (Å²) >= 11 is 10.8. The maximum absolute atomic E-state index is 13.2. The summed E-state index contributed by atoms with van der Waals surface area (Å²) in [5, 5.41) is -1.45. The van der Waals surface area contributed by atoms with Crippen molar-refractivity contribution in [2.45, 2.75) is 6.18 Å². The van der Waals surface area contributed by atoms with Crippen LogP contribution in [0.3, 0.4) is 0 Å². The summed E-state index contributed by atoms with van der Waals surface area (Å²) in [7, 11) is 0. The minimum Gasteiger partial charge on any atom is -0.213 e. The van der Waals surface area contributed by atoms with Crippen LogP contribution >= 0.6 is 23.2 Å². The molecule has 9 heteroatoms. The fourth-order valence-corrected chi connectivity index (χ4v) is 1.85. The number of nitrogens with zero attached hydrogens (tertiary/aromatic N) is 2. The molecule has 0 atom stereocenters. The summed E-state index contributed by atoms with van der Waals surface area (Å²) in [6.07, 6.45) is -4.84. The van der Waals surface area contributed by atoms with Crippen LogP contribution in [-0.4, -0.2) is 9.97 Å². The zero-order chi connectivity index (χ0) is 15.1. The van der Waals surface area contributed by atoms with E-state index in [2.05, 4.69) is 9.97 Å². The molecule has 0 saturated heterocycles. The van der Waals surface area contributed by atoms with Crippen molar-refractivity contribution >= 4 is 23.2 Å². The van der Waals surface area contributed by atoms with Crippen LogP contribution in [0.1, 0.15) is 5.56 Å². The second-order valence-corrected chi connectivity index (χ2v) is 4.35. The van der Waals surface area contributed by atoms with Gasteiger partial charge in [-0.25, -0.2) is 18.7 Å². The van der Waals surface area contributed by atoms with Crippen molar-refractivity contribution in [1.82, 2.24) is 9.97 Å². The molecule has 0 amide bonds. The van der Waals surface area contributed by atoms with Crippen molar-refractivity contribution < 1.29 is 22.0 Å². The number of benzene rings is 1. The Kier molecular flexibility index (Phi) is 3.84. The number of rotatable bonds is 1. The molecule has 1 heterocycles. The zero-order valence-corrected chi connectivity index (χ0v) is 10.8. The molecular weight excluding hydrogens is 326 g/mol. The van der Waals surface area contributed by atoms with E-state index in [1.807, 2.05) is 0 Å². The van der Waals surface area contributed by atoms with Crippen LogP contribution in [0.4, 0.5) is 22.0 Å². The molecule has 0 N–H and O–H groups in total. The fraction of sp³-hybridized carbons (Fsp3) is 0.0909. The van der Waals surface area contributed by atoms with Crippen molar-refractivity contribution in [1.29, 1.82) is 0 Å². The van der Waals surface area contributed by atoms with E-state index in [4.69, 9.17) is 23.2 Å². The highest BCUT2D eigenvalue weighted by atomic mass is 35.5. The molecule has 0 unspecified atom stereocenters. The molecule has 2 nitrogen and oxygen atoms in total. The van der Waals surface area contributed by atoms with Crippen LogP contribution in [0.15, 0.2) is 18.2 Å². The molecule has 2 aromatic rings. The highest BCUT2D eigenvalue weighted by molar-refractivity contribution is 6.33. The third-order valence-electron chi connectivity index (χ3n) is 2.30. The van der Waals surface area contributed by atoms with Gasteiger partial charge in [0, 0.05) is 5.56 Å². The van der Waals surface area contributed by atoms with E-state index in [-0.39, 0.29) is 6.07 Å². The zero-order valence-electron chi connectivity index (χ0n) is 9.27. The van der Waals surface area contributed by atoms with Gasteiger partial charge in [0.2, 0.25) is 0 Å². The monoisotopic (exact) mass is 328 g/mol. The second-order valence-electron chi connectivity index (χ2n) is 3.63. The van der Waals surface area contributed by atoms with Gasteiger partial charge in [-0.1, -0.05) is 23.2 Å². The smallest absolute Gasteiger partial charge is 0.213 e. The predicted molar refractivity (Wildman–Crippen MR) is 62.4 cm³/mol. The number of halogens is 7. The predicted octanol–water partition coefficient (Wildman–Crippen LogP) is 4.75. The number of hydrogen-bond acceptors (Lipinski definition) is 2. The largest absolute Gasteiger partial charge is 0.417 e. The molecule has 2 rings (SSSR count). The van der Waals surface area contributed by atoms with E-state index >= 15 is 0 Å². The summed E-state index contributed by atoms with van der Waals surface area (Å²) in [5.74, 6) is -2.78. The molecule has 20 heavy (non-hydrogen) atoms. The first-order valence-corrected chi connectivity index (χ1v) is 5.71. The van der Waals surface area contributed by atoms with Gasteiger partial charge < -0.3 is 0 Å². The first-order valence-electron chi connectivity index (χ1n) is 4.96. The van der Waals surface area contributed by atoms with Crippen LogP contribution in [0.25, 0.3) is 11.4 Å². The molecule has 0 aliphatic heterocycles. The van der Waals surface area contributed by atoms with Gasteiger partial charge in [0.05, 0.1) is 5.56 Å². The molecule has 0 aliphatic rings. The van der Waals surface area contributed by atoms with Crippen LogP contribution in [0, 0.1) is 11.6 Å². The van der Waals surface area contributed by atoms with Crippen LogP contribution < -0.4 is 0 Å². The molecule has 0 saturated carbocycles. The Morgan fingerprint density at radius 1 is 0.950 bits per heavy atom. The lowest BCUT2D eigenvalue weighted by Gasteiger charge is -2.12. The standard InChI is InChI=1S/C11H3Cl2F5N2/c12-8-7(15)9(13)20-10(19-8)5-2-1-4(14)3-6(5)11(16,17)18/h1-3H. The van der Waals surface area contributed by atoms with E-state index in [1.54, 1.807) is 0 Å². The minimum atomic E-state index is -4.84. The first-order chi connectivity index (χ1) is 9.20. The van der Waals surface area contributed by atoms with Gasteiger partial charge >= 0.3 is 6.18 Å². The summed E-state index contributed by atoms with van der Waals surface area (Å²) < 4.78 is 64.6. The minimum absolute atomic E-state index is 0.282. The van der Waals surface area contributed by atoms with Gasteiger partial charge in [0.15, 0.2) is 21.9 Å². The molecule has 1 aromatic heterocycles. The Bertz CT molecular complexity index is 649. The molecule has 0 fully saturated rings. The summed E-state index contributed by atoms with van der Waals surface area (Å²) in [6.45, 7) is 0. The average Bonchev–Trinajstić information content (AvgIpc) is 2.34. The van der Waals surface area contributed by atoms with Crippen molar-refractivity contribution in [3.05, 3.63) is 45.7 Å². The Balaban J connectivity index is 2.70. The van der Waals surface area contributed by atoms with E-state index in [0.29, 0.717) is 0 Å². The highest BCUT2D eigenvalue weighted by Crippen LogP contribution is 2.37. The van der Waals surface area contributed by atoms with Gasteiger partial charge in [-0.2, -0.15) is 13.2 Å².